The van der Waals surface area contributed by atoms with Crippen molar-refractivity contribution in [3.8, 4) is 0 Å². The lowest BCUT2D eigenvalue weighted by Gasteiger charge is -2.18. The molecule has 2 N–H and O–H groups in total. The van der Waals surface area contributed by atoms with Crippen LogP contribution in [0.3, 0.4) is 0 Å². The van der Waals surface area contributed by atoms with Crippen molar-refractivity contribution in [1.82, 2.24) is 15.5 Å². The Hall–Kier alpha value is -2.30. The molecule has 0 fully saturated rings. The molecule has 0 aromatic heterocycles. The first kappa shape index (κ1) is 16.8. The molecule has 0 saturated carbocycles. The summed E-state index contributed by atoms with van der Waals surface area (Å²) in [6.07, 6.45) is 1.75. The Balaban J connectivity index is 2.71. The smallest absolute Gasteiger partial charge is 0.243 e. The number of aliphatic imine (C=N–C) groups is 1. The molecule has 5 heteroatoms. The Kier molecular flexibility index (Phi) is 7.01. The zero-order chi connectivity index (χ0) is 15.7. The van der Waals surface area contributed by atoms with Crippen molar-refractivity contribution in [3.63, 3.8) is 0 Å². The minimum atomic E-state index is -0.0398. The van der Waals surface area contributed by atoms with E-state index in [9.17, 15) is 4.79 Å². The average Bonchev–Trinajstić information content (AvgIpc) is 2.50. The molecule has 1 amide bonds. The summed E-state index contributed by atoms with van der Waals surface area (Å²) in [5, 5.41) is 6.40. The number of hydrogen-bond donors (Lipinski definition) is 2. The van der Waals surface area contributed by atoms with E-state index in [1.807, 2.05) is 37.3 Å². The molecular formula is C16H24N4O. The second-order valence-electron chi connectivity index (χ2n) is 4.90. The minimum absolute atomic E-state index is 0.0398. The number of guanidine groups is 1. The molecule has 5 nitrogen and oxygen atoms in total. The van der Waals surface area contributed by atoms with Gasteiger partial charge in [-0.25, -0.2) is 4.99 Å². The maximum atomic E-state index is 11.6. The third-order valence-corrected chi connectivity index (χ3v) is 2.94. The quantitative estimate of drug-likeness (QED) is 0.474. The lowest BCUT2D eigenvalue weighted by Crippen LogP contribution is -2.39. The fourth-order valence-corrected chi connectivity index (χ4v) is 1.64. The number of hydrogen-bond acceptors (Lipinski definition) is 2. The van der Waals surface area contributed by atoms with Crippen LogP contribution < -0.4 is 10.6 Å². The van der Waals surface area contributed by atoms with Gasteiger partial charge in [-0.2, -0.15) is 0 Å². The van der Waals surface area contributed by atoms with Crippen LogP contribution in [0.4, 0.5) is 0 Å². The first-order valence-corrected chi connectivity index (χ1v) is 6.95. The second kappa shape index (κ2) is 8.79. The molecule has 0 aliphatic carbocycles. The van der Waals surface area contributed by atoms with E-state index < -0.39 is 0 Å². The van der Waals surface area contributed by atoms with Crippen LogP contribution >= 0.6 is 0 Å². The molecule has 0 heterocycles. The first-order chi connectivity index (χ1) is 10.0. The number of nitrogens with one attached hydrogen (secondary N) is 2. The van der Waals surface area contributed by atoms with E-state index in [-0.39, 0.29) is 18.5 Å². The van der Waals surface area contributed by atoms with Crippen molar-refractivity contribution in [2.45, 2.75) is 13.0 Å². The molecule has 0 saturated heterocycles. The van der Waals surface area contributed by atoms with E-state index in [4.69, 9.17) is 0 Å². The van der Waals surface area contributed by atoms with E-state index in [0.29, 0.717) is 12.5 Å². The number of amides is 1. The summed E-state index contributed by atoms with van der Waals surface area (Å²) in [6, 6.07) is 10.2. The molecule has 1 aromatic rings. The van der Waals surface area contributed by atoms with Gasteiger partial charge in [0.1, 0.15) is 6.54 Å². The van der Waals surface area contributed by atoms with Gasteiger partial charge >= 0.3 is 0 Å². The van der Waals surface area contributed by atoms with E-state index in [2.05, 4.69) is 22.2 Å². The van der Waals surface area contributed by atoms with Crippen LogP contribution in [-0.4, -0.2) is 44.0 Å². The van der Waals surface area contributed by atoms with Crippen LogP contribution in [-0.2, 0) is 4.79 Å². The second-order valence-corrected chi connectivity index (χ2v) is 4.90. The molecule has 1 atom stereocenters. The maximum Gasteiger partial charge on any atom is 0.243 e. The summed E-state index contributed by atoms with van der Waals surface area (Å²) in [4.78, 5) is 17.4. The summed E-state index contributed by atoms with van der Waals surface area (Å²) in [5.41, 5.74) is 1.16. The van der Waals surface area contributed by atoms with Gasteiger partial charge in [-0.05, 0) is 12.5 Å². The predicted octanol–water partition coefficient (Wildman–Crippen LogP) is 1.56. The summed E-state index contributed by atoms with van der Waals surface area (Å²) in [6.45, 7) is 6.42. The summed E-state index contributed by atoms with van der Waals surface area (Å²) < 4.78 is 0. The minimum Gasteiger partial charge on any atom is -0.353 e. The van der Waals surface area contributed by atoms with Crippen LogP contribution in [0, 0.1) is 0 Å². The van der Waals surface area contributed by atoms with Gasteiger partial charge in [0.25, 0.3) is 0 Å². The number of nitrogens with zero attached hydrogens (tertiary/aromatic N) is 2. The third kappa shape index (κ3) is 6.12. The highest BCUT2D eigenvalue weighted by Gasteiger charge is 2.08. The Morgan fingerprint density at radius 3 is 2.62 bits per heavy atom. The van der Waals surface area contributed by atoms with Crippen molar-refractivity contribution >= 4 is 11.9 Å². The summed E-state index contributed by atoms with van der Waals surface area (Å²) in [5.74, 6) is 0.559. The number of rotatable bonds is 6. The van der Waals surface area contributed by atoms with Crippen molar-refractivity contribution < 1.29 is 4.79 Å². The molecular weight excluding hydrogens is 264 g/mol. The molecule has 21 heavy (non-hydrogen) atoms. The highest BCUT2D eigenvalue weighted by molar-refractivity contribution is 5.85. The lowest BCUT2D eigenvalue weighted by molar-refractivity contribution is -0.127. The summed E-state index contributed by atoms with van der Waals surface area (Å²) in [7, 11) is 3.43. The van der Waals surface area contributed by atoms with Gasteiger partial charge in [0, 0.05) is 20.6 Å². The van der Waals surface area contributed by atoms with Crippen molar-refractivity contribution in [3.05, 3.63) is 48.6 Å². The van der Waals surface area contributed by atoms with Crippen LogP contribution in [0.1, 0.15) is 18.5 Å². The zero-order valence-electron chi connectivity index (χ0n) is 13.0. The van der Waals surface area contributed by atoms with E-state index in [1.54, 1.807) is 20.2 Å². The van der Waals surface area contributed by atoms with Crippen molar-refractivity contribution in [1.29, 1.82) is 0 Å². The maximum absolute atomic E-state index is 11.6. The van der Waals surface area contributed by atoms with E-state index in [1.165, 1.54) is 4.90 Å². The number of benzene rings is 1. The van der Waals surface area contributed by atoms with E-state index in [0.717, 1.165) is 5.56 Å². The van der Waals surface area contributed by atoms with Gasteiger partial charge in [0.05, 0.1) is 6.04 Å². The third-order valence-electron chi connectivity index (χ3n) is 2.94. The van der Waals surface area contributed by atoms with Gasteiger partial charge in [-0.15, -0.1) is 6.58 Å². The Bertz CT molecular complexity index is 482. The van der Waals surface area contributed by atoms with Crippen LogP contribution in [0.15, 0.2) is 48.0 Å². The molecule has 0 spiro atoms. The number of carbonyl (C=O) groups is 1. The molecule has 1 rings (SSSR count). The fourth-order valence-electron chi connectivity index (χ4n) is 1.64. The van der Waals surface area contributed by atoms with Gasteiger partial charge in [-0.1, -0.05) is 36.4 Å². The highest BCUT2D eigenvalue weighted by atomic mass is 16.2. The number of carbonyl (C=O) groups excluding carboxylic acids is 1. The van der Waals surface area contributed by atoms with Crippen LogP contribution in [0.2, 0.25) is 0 Å². The molecule has 0 aliphatic rings. The topological polar surface area (TPSA) is 56.7 Å². The van der Waals surface area contributed by atoms with Crippen molar-refractivity contribution in [2.75, 3.05) is 27.2 Å². The molecule has 0 bridgehead atoms. The summed E-state index contributed by atoms with van der Waals surface area (Å²) >= 11 is 0. The van der Waals surface area contributed by atoms with E-state index >= 15 is 0 Å². The molecule has 0 aliphatic heterocycles. The van der Waals surface area contributed by atoms with Gasteiger partial charge in [-0.3, -0.25) is 4.79 Å². The SMILES string of the molecule is C=CCNC(=NCC(=O)N(C)C)NC(C)c1ccccc1. The Morgan fingerprint density at radius 1 is 1.38 bits per heavy atom. The largest absolute Gasteiger partial charge is 0.353 e. The lowest BCUT2D eigenvalue weighted by atomic mass is 10.1. The molecule has 114 valence electrons. The Labute approximate surface area is 126 Å². The van der Waals surface area contributed by atoms with Gasteiger partial charge < -0.3 is 15.5 Å². The molecule has 1 aromatic carbocycles. The average molecular weight is 288 g/mol. The highest BCUT2D eigenvalue weighted by Crippen LogP contribution is 2.10. The normalized spacial score (nSPS) is 12.4. The molecule has 0 radical (unpaired) electrons. The van der Waals surface area contributed by atoms with Gasteiger partial charge in [0.15, 0.2) is 5.96 Å². The standard InChI is InChI=1S/C16H24N4O/c1-5-11-17-16(18-12-15(21)20(3)4)19-13(2)14-9-7-6-8-10-14/h5-10,13H,1,11-12H2,2-4H3,(H2,17,18,19). The first-order valence-electron chi connectivity index (χ1n) is 6.95. The molecule has 1 unspecified atom stereocenters. The fraction of sp³-hybridized carbons (Fsp3) is 0.375. The Morgan fingerprint density at radius 2 is 2.05 bits per heavy atom. The number of likely N-dealkylation sites (N-methyl/N-ethyl adjacent to an activating group) is 1. The van der Waals surface area contributed by atoms with Crippen molar-refractivity contribution in [2.24, 2.45) is 4.99 Å². The predicted molar refractivity (Wildman–Crippen MR) is 87.2 cm³/mol. The monoisotopic (exact) mass is 288 g/mol. The van der Waals surface area contributed by atoms with Crippen LogP contribution in [0.5, 0.6) is 0 Å². The zero-order valence-corrected chi connectivity index (χ0v) is 13.0. The van der Waals surface area contributed by atoms with Gasteiger partial charge in [0.2, 0.25) is 5.91 Å². The van der Waals surface area contributed by atoms with Crippen LogP contribution in [0.25, 0.3) is 0 Å².